The summed E-state index contributed by atoms with van der Waals surface area (Å²) in [6, 6.07) is 0.748. The van der Waals surface area contributed by atoms with Crippen molar-refractivity contribution in [2.75, 3.05) is 26.2 Å². The first-order valence-electron chi connectivity index (χ1n) is 8.84. The molecule has 0 radical (unpaired) electrons. The third-order valence-corrected chi connectivity index (χ3v) is 5.37. The van der Waals surface area contributed by atoms with E-state index in [9.17, 15) is 5.11 Å². The highest BCUT2D eigenvalue weighted by atomic mass is 16.3. The van der Waals surface area contributed by atoms with Crippen molar-refractivity contribution in [1.29, 1.82) is 0 Å². The molecule has 1 saturated carbocycles. The molecule has 1 aliphatic heterocycles. The van der Waals surface area contributed by atoms with Crippen LogP contribution in [0.15, 0.2) is 0 Å². The second kappa shape index (κ2) is 8.35. The van der Waals surface area contributed by atoms with Crippen molar-refractivity contribution >= 4 is 0 Å². The van der Waals surface area contributed by atoms with Crippen molar-refractivity contribution in [3.63, 3.8) is 0 Å². The van der Waals surface area contributed by atoms with E-state index in [0.717, 1.165) is 12.0 Å². The lowest BCUT2D eigenvalue weighted by molar-refractivity contribution is 0.0602. The van der Waals surface area contributed by atoms with Crippen molar-refractivity contribution in [3.8, 4) is 0 Å². The average molecular weight is 282 g/mol. The number of likely N-dealkylation sites (tertiary alicyclic amines) is 1. The number of aliphatic hydroxyl groups excluding tert-OH is 1. The minimum absolute atomic E-state index is 0.120. The molecule has 20 heavy (non-hydrogen) atoms. The fourth-order valence-electron chi connectivity index (χ4n) is 3.97. The number of piperidine rings is 1. The first kappa shape index (κ1) is 16.3. The van der Waals surface area contributed by atoms with Gasteiger partial charge in [0, 0.05) is 12.6 Å². The average Bonchev–Trinajstić information content (AvgIpc) is 2.47. The Morgan fingerprint density at radius 1 is 1.15 bits per heavy atom. The molecule has 2 N–H and O–H groups in total. The quantitative estimate of drug-likeness (QED) is 0.786. The summed E-state index contributed by atoms with van der Waals surface area (Å²) in [6.45, 7) is 9.02. The Kier molecular flexibility index (Phi) is 6.79. The summed E-state index contributed by atoms with van der Waals surface area (Å²) < 4.78 is 0. The number of aliphatic hydroxyl groups is 1. The van der Waals surface area contributed by atoms with Gasteiger partial charge < -0.3 is 15.3 Å². The smallest absolute Gasteiger partial charge is 0.0541 e. The van der Waals surface area contributed by atoms with Crippen molar-refractivity contribution in [3.05, 3.63) is 0 Å². The zero-order valence-corrected chi connectivity index (χ0v) is 13.5. The molecular weight excluding hydrogens is 248 g/mol. The molecule has 0 aromatic carbocycles. The molecule has 0 aromatic heterocycles. The van der Waals surface area contributed by atoms with E-state index in [1.165, 1.54) is 71.1 Å². The van der Waals surface area contributed by atoms with E-state index in [-0.39, 0.29) is 6.10 Å². The predicted octanol–water partition coefficient (Wildman–Crippen LogP) is 2.64. The first-order valence-corrected chi connectivity index (χ1v) is 8.84. The number of hydrogen-bond donors (Lipinski definition) is 2. The van der Waals surface area contributed by atoms with Crippen LogP contribution in [0.3, 0.4) is 0 Å². The highest BCUT2D eigenvalue weighted by Crippen LogP contribution is 2.27. The van der Waals surface area contributed by atoms with Gasteiger partial charge in [-0.25, -0.2) is 0 Å². The predicted molar refractivity (Wildman–Crippen MR) is 84.9 cm³/mol. The minimum Gasteiger partial charge on any atom is -0.393 e. The molecule has 0 aromatic rings. The summed E-state index contributed by atoms with van der Waals surface area (Å²) in [5, 5.41) is 13.5. The van der Waals surface area contributed by atoms with Gasteiger partial charge in [0.1, 0.15) is 0 Å². The Morgan fingerprint density at radius 2 is 1.85 bits per heavy atom. The van der Waals surface area contributed by atoms with Crippen LogP contribution in [0.5, 0.6) is 0 Å². The summed E-state index contributed by atoms with van der Waals surface area (Å²) in [5.74, 6) is 1.38. The molecule has 3 nitrogen and oxygen atoms in total. The van der Waals surface area contributed by atoms with Gasteiger partial charge >= 0.3 is 0 Å². The largest absolute Gasteiger partial charge is 0.393 e. The van der Waals surface area contributed by atoms with Crippen LogP contribution < -0.4 is 5.32 Å². The van der Waals surface area contributed by atoms with Crippen LogP contribution in [-0.2, 0) is 0 Å². The molecule has 0 amide bonds. The van der Waals surface area contributed by atoms with Crippen LogP contribution in [0.25, 0.3) is 0 Å². The zero-order valence-electron chi connectivity index (χ0n) is 13.5. The second-order valence-corrected chi connectivity index (χ2v) is 6.98. The maximum atomic E-state index is 9.70. The number of hydrogen-bond acceptors (Lipinski definition) is 3. The Hall–Kier alpha value is -0.120. The van der Waals surface area contributed by atoms with Crippen molar-refractivity contribution in [2.45, 2.75) is 70.9 Å². The van der Waals surface area contributed by atoms with E-state index in [1.54, 1.807) is 0 Å². The van der Waals surface area contributed by atoms with E-state index in [2.05, 4.69) is 17.1 Å². The molecule has 2 aliphatic rings. The van der Waals surface area contributed by atoms with Crippen LogP contribution in [0.4, 0.5) is 0 Å². The molecule has 3 atom stereocenters. The SMILES string of the molecule is CCCNC1CCCCC1CN1CCC(C(C)O)CC1. The molecule has 0 bridgehead atoms. The van der Waals surface area contributed by atoms with E-state index < -0.39 is 0 Å². The van der Waals surface area contributed by atoms with Gasteiger partial charge in [0.2, 0.25) is 0 Å². The monoisotopic (exact) mass is 282 g/mol. The molecule has 1 aliphatic carbocycles. The molecule has 2 rings (SSSR count). The van der Waals surface area contributed by atoms with Gasteiger partial charge in [0.15, 0.2) is 0 Å². The summed E-state index contributed by atoms with van der Waals surface area (Å²) in [5.41, 5.74) is 0. The Balaban J connectivity index is 1.76. The number of nitrogens with zero attached hydrogens (tertiary/aromatic N) is 1. The topological polar surface area (TPSA) is 35.5 Å². The van der Waals surface area contributed by atoms with Crippen LogP contribution in [0, 0.1) is 11.8 Å². The van der Waals surface area contributed by atoms with E-state index in [1.807, 2.05) is 6.92 Å². The van der Waals surface area contributed by atoms with Crippen molar-refractivity contribution < 1.29 is 5.11 Å². The van der Waals surface area contributed by atoms with E-state index in [0.29, 0.717) is 5.92 Å². The lowest BCUT2D eigenvalue weighted by Gasteiger charge is -2.39. The maximum Gasteiger partial charge on any atom is 0.0541 e. The molecule has 118 valence electrons. The van der Waals surface area contributed by atoms with Crippen molar-refractivity contribution in [1.82, 2.24) is 10.2 Å². The van der Waals surface area contributed by atoms with Crippen LogP contribution >= 0.6 is 0 Å². The normalized spacial score (nSPS) is 31.4. The van der Waals surface area contributed by atoms with Gasteiger partial charge in [-0.2, -0.15) is 0 Å². The summed E-state index contributed by atoms with van der Waals surface area (Å²) in [6.07, 6.45) is 9.07. The van der Waals surface area contributed by atoms with Gasteiger partial charge in [-0.05, 0) is 70.5 Å². The number of rotatable bonds is 6. The Morgan fingerprint density at radius 3 is 2.50 bits per heavy atom. The molecule has 1 saturated heterocycles. The van der Waals surface area contributed by atoms with Gasteiger partial charge in [-0.15, -0.1) is 0 Å². The molecule has 3 heteroatoms. The highest BCUT2D eigenvalue weighted by molar-refractivity contribution is 4.85. The summed E-state index contributed by atoms with van der Waals surface area (Å²) >= 11 is 0. The van der Waals surface area contributed by atoms with Crippen LogP contribution in [-0.4, -0.2) is 48.3 Å². The molecule has 0 spiro atoms. The Bertz CT molecular complexity index is 262. The molecular formula is C17H34N2O. The van der Waals surface area contributed by atoms with E-state index >= 15 is 0 Å². The van der Waals surface area contributed by atoms with Gasteiger partial charge in [-0.3, -0.25) is 0 Å². The lowest BCUT2D eigenvalue weighted by atomic mass is 9.83. The zero-order chi connectivity index (χ0) is 14.4. The standard InChI is InChI=1S/C17H34N2O/c1-3-10-18-17-7-5-4-6-16(17)13-19-11-8-15(9-12-19)14(2)20/h14-18,20H,3-13H2,1-2H3. The lowest BCUT2D eigenvalue weighted by Crippen LogP contribution is -2.46. The number of nitrogens with one attached hydrogen (secondary N) is 1. The van der Waals surface area contributed by atoms with Crippen LogP contribution in [0.1, 0.15) is 58.8 Å². The second-order valence-electron chi connectivity index (χ2n) is 6.98. The molecule has 3 unspecified atom stereocenters. The summed E-state index contributed by atoms with van der Waals surface area (Å²) in [7, 11) is 0. The first-order chi connectivity index (χ1) is 9.70. The van der Waals surface area contributed by atoms with Gasteiger partial charge in [0.05, 0.1) is 6.10 Å². The third-order valence-electron chi connectivity index (χ3n) is 5.37. The van der Waals surface area contributed by atoms with Crippen LogP contribution in [0.2, 0.25) is 0 Å². The van der Waals surface area contributed by atoms with Crippen molar-refractivity contribution in [2.24, 2.45) is 11.8 Å². The minimum atomic E-state index is -0.120. The highest BCUT2D eigenvalue weighted by Gasteiger charge is 2.29. The maximum absolute atomic E-state index is 9.70. The molecule has 2 fully saturated rings. The summed E-state index contributed by atoms with van der Waals surface area (Å²) in [4.78, 5) is 2.65. The van der Waals surface area contributed by atoms with Gasteiger partial charge in [0.25, 0.3) is 0 Å². The van der Waals surface area contributed by atoms with Gasteiger partial charge in [-0.1, -0.05) is 19.8 Å². The fourth-order valence-corrected chi connectivity index (χ4v) is 3.97. The Labute approximate surface area is 125 Å². The van der Waals surface area contributed by atoms with E-state index in [4.69, 9.17) is 0 Å². The molecule has 1 heterocycles. The third kappa shape index (κ3) is 4.71. The fraction of sp³-hybridized carbons (Fsp3) is 1.00.